The molecule has 2 fully saturated rings. The van der Waals surface area contributed by atoms with Crippen molar-refractivity contribution in [1.82, 2.24) is 9.29 Å². The summed E-state index contributed by atoms with van der Waals surface area (Å²) in [6.07, 6.45) is 3.04. The second-order valence-corrected chi connectivity index (χ2v) is 7.14. The van der Waals surface area contributed by atoms with Crippen molar-refractivity contribution in [3.05, 3.63) is 18.0 Å². The lowest BCUT2D eigenvalue weighted by atomic mass is 9.91. The molecule has 3 N–H and O–H groups in total. The number of carboxylic acid groups (broad SMARTS) is 1. The van der Waals surface area contributed by atoms with Gasteiger partial charge in [-0.2, -0.15) is 4.31 Å². The summed E-state index contributed by atoms with van der Waals surface area (Å²) in [5.74, 6) is -1.00. The number of aromatic carboxylic acids is 1. The van der Waals surface area contributed by atoms with Gasteiger partial charge < -0.3 is 15.2 Å². The second-order valence-electron chi connectivity index (χ2n) is 5.21. The number of hydrogen-bond acceptors (Lipinski definition) is 4. The van der Waals surface area contributed by atoms with Crippen LogP contribution in [-0.4, -0.2) is 52.6 Å². The maximum atomic E-state index is 12.2. The van der Waals surface area contributed by atoms with Crippen molar-refractivity contribution < 1.29 is 23.4 Å². The first kappa shape index (κ1) is 12.6. The molecule has 0 unspecified atom stereocenters. The van der Waals surface area contributed by atoms with Gasteiger partial charge in [-0.1, -0.05) is 0 Å². The van der Waals surface area contributed by atoms with Crippen LogP contribution in [-0.2, 0) is 10.0 Å². The number of aromatic amines is 1. The summed E-state index contributed by atoms with van der Waals surface area (Å²) >= 11 is 0. The Morgan fingerprint density at radius 1 is 1.42 bits per heavy atom. The molecule has 0 amide bonds. The standard InChI is InChI=1S/C11H14N2O5S/c14-10(15)9-3-8(4-12-9)19(17,18)13-5-11(16,6-13)7-1-2-7/h3-4,7,12,16H,1-2,5-6H2,(H,14,15). The molecule has 1 aromatic heterocycles. The van der Waals surface area contributed by atoms with E-state index in [9.17, 15) is 18.3 Å². The Balaban J connectivity index is 1.78. The molecule has 1 aliphatic carbocycles. The molecule has 8 heteroatoms. The van der Waals surface area contributed by atoms with E-state index in [1.165, 1.54) is 4.31 Å². The smallest absolute Gasteiger partial charge is 0.352 e. The van der Waals surface area contributed by atoms with Crippen LogP contribution in [0.3, 0.4) is 0 Å². The average molecular weight is 286 g/mol. The van der Waals surface area contributed by atoms with Crippen molar-refractivity contribution in [2.45, 2.75) is 23.3 Å². The molecule has 0 bridgehead atoms. The number of H-pyrrole nitrogens is 1. The van der Waals surface area contributed by atoms with Gasteiger partial charge in [-0.05, 0) is 24.8 Å². The first-order valence-corrected chi connectivity index (χ1v) is 7.41. The molecular formula is C11H14N2O5S. The Labute approximate surface area is 109 Å². The van der Waals surface area contributed by atoms with Crippen LogP contribution >= 0.6 is 0 Å². The zero-order valence-electron chi connectivity index (χ0n) is 10.0. The van der Waals surface area contributed by atoms with E-state index < -0.39 is 21.6 Å². The van der Waals surface area contributed by atoms with Gasteiger partial charge in [0.1, 0.15) is 10.6 Å². The van der Waals surface area contributed by atoms with Crippen LogP contribution in [0.15, 0.2) is 17.2 Å². The summed E-state index contributed by atoms with van der Waals surface area (Å²) in [5.41, 5.74) is -1.06. The van der Waals surface area contributed by atoms with Gasteiger partial charge in [0.25, 0.3) is 0 Å². The summed E-state index contributed by atoms with van der Waals surface area (Å²) in [5, 5.41) is 18.9. The van der Waals surface area contributed by atoms with Crippen molar-refractivity contribution >= 4 is 16.0 Å². The lowest BCUT2D eigenvalue weighted by molar-refractivity contribution is -0.0764. The molecule has 2 aliphatic rings. The summed E-state index contributed by atoms with van der Waals surface area (Å²) < 4.78 is 25.5. The number of β-amino-alcohol motifs (C(OH)–C–C–N with tert-alkyl or cyclic N) is 1. The van der Waals surface area contributed by atoms with Crippen molar-refractivity contribution in [3.8, 4) is 0 Å². The monoisotopic (exact) mass is 286 g/mol. The van der Waals surface area contributed by atoms with Gasteiger partial charge in [-0.25, -0.2) is 13.2 Å². The normalized spacial score (nSPS) is 23.0. The molecule has 0 atom stereocenters. The minimum Gasteiger partial charge on any atom is -0.477 e. The van der Waals surface area contributed by atoms with Crippen LogP contribution in [0.4, 0.5) is 0 Å². The number of aliphatic hydroxyl groups is 1. The third kappa shape index (κ3) is 1.96. The number of aromatic nitrogens is 1. The van der Waals surface area contributed by atoms with Gasteiger partial charge in [-0.15, -0.1) is 0 Å². The molecule has 7 nitrogen and oxygen atoms in total. The SMILES string of the molecule is O=C(O)c1cc(S(=O)(=O)N2CC(O)(C3CC3)C2)c[nH]1. The number of sulfonamides is 1. The summed E-state index contributed by atoms with van der Waals surface area (Å²) in [4.78, 5) is 13.0. The molecule has 1 aromatic rings. The van der Waals surface area contributed by atoms with Gasteiger partial charge in [0.15, 0.2) is 0 Å². The highest BCUT2D eigenvalue weighted by Crippen LogP contribution is 2.45. The van der Waals surface area contributed by atoms with E-state index >= 15 is 0 Å². The Morgan fingerprint density at radius 3 is 2.53 bits per heavy atom. The number of nitrogens with one attached hydrogen (secondary N) is 1. The minimum atomic E-state index is -3.71. The lowest BCUT2D eigenvalue weighted by Gasteiger charge is -2.45. The predicted octanol–water partition coefficient (Wildman–Crippen LogP) is -0.142. The van der Waals surface area contributed by atoms with Crippen molar-refractivity contribution in [1.29, 1.82) is 0 Å². The van der Waals surface area contributed by atoms with Crippen LogP contribution < -0.4 is 0 Å². The Hall–Kier alpha value is -1.38. The fraction of sp³-hybridized carbons (Fsp3) is 0.545. The summed E-state index contributed by atoms with van der Waals surface area (Å²) in [6.45, 7) is 0.182. The van der Waals surface area contributed by atoms with E-state index in [1.807, 2.05) is 0 Å². The van der Waals surface area contributed by atoms with Gasteiger partial charge in [-0.3, -0.25) is 0 Å². The maximum Gasteiger partial charge on any atom is 0.352 e. The van der Waals surface area contributed by atoms with E-state index in [1.54, 1.807) is 0 Å². The Kier molecular flexibility index (Phi) is 2.54. The highest BCUT2D eigenvalue weighted by Gasteiger charge is 2.55. The zero-order valence-corrected chi connectivity index (χ0v) is 10.9. The Bertz CT molecular complexity index is 625. The molecule has 19 heavy (non-hydrogen) atoms. The third-order valence-electron chi connectivity index (χ3n) is 3.76. The molecule has 1 saturated heterocycles. The quantitative estimate of drug-likeness (QED) is 0.713. The number of hydrogen-bond donors (Lipinski definition) is 3. The minimum absolute atomic E-state index is 0.0808. The predicted molar refractivity (Wildman–Crippen MR) is 64.2 cm³/mol. The second kappa shape index (κ2) is 3.81. The Morgan fingerprint density at radius 2 is 2.05 bits per heavy atom. The van der Waals surface area contributed by atoms with Gasteiger partial charge >= 0.3 is 5.97 Å². The van der Waals surface area contributed by atoms with Crippen LogP contribution in [0.1, 0.15) is 23.3 Å². The van der Waals surface area contributed by atoms with Gasteiger partial charge in [0.05, 0.1) is 5.60 Å². The molecule has 1 aliphatic heterocycles. The highest BCUT2D eigenvalue weighted by molar-refractivity contribution is 7.89. The van der Waals surface area contributed by atoms with E-state index in [2.05, 4.69) is 4.98 Å². The first-order chi connectivity index (χ1) is 8.83. The van der Waals surface area contributed by atoms with Crippen LogP contribution in [0, 0.1) is 5.92 Å². The van der Waals surface area contributed by atoms with Crippen LogP contribution in [0.5, 0.6) is 0 Å². The average Bonchev–Trinajstić information content (AvgIpc) is 3.01. The largest absolute Gasteiger partial charge is 0.477 e. The number of nitrogens with zero attached hydrogens (tertiary/aromatic N) is 1. The fourth-order valence-electron chi connectivity index (χ4n) is 2.41. The van der Waals surface area contributed by atoms with Crippen molar-refractivity contribution in [2.75, 3.05) is 13.1 Å². The topological polar surface area (TPSA) is 111 Å². The number of carbonyl (C=O) groups is 1. The molecular weight excluding hydrogens is 272 g/mol. The molecule has 1 saturated carbocycles. The van der Waals surface area contributed by atoms with Crippen LogP contribution in [0.25, 0.3) is 0 Å². The lowest BCUT2D eigenvalue weighted by Crippen LogP contribution is -2.64. The molecule has 3 rings (SSSR count). The van der Waals surface area contributed by atoms with Crippen molar-refractivity contribution in [3.63, 3.8) is 0 Å². The van der Waals surface area contributed by atoms with E-state index in [4.69, 9.17) is 5.11 Å². The molecule has 2 heterocycles. The van der Waals surface area contributed by atoms with Gasteiger partial charge in [0.2, 0.25) is 10.0 Å². The highest BCUT2D eigenvalue weighted by atomic mass is 32.2. The van der Waals surface area contributed by atoms with Crippen molar-refractivity contribution in [2.24, 2.45) is 5.92 Å². The maximum absolute atomic E-state index is 12.2. The van der Waals surface area contributed by atoms with E-state index in [0.717, 1.165) is 25.1 Å². The van der Waals surface area contributed by atoms with E-state index in [-0.39, 0.29) is 29.6 Å². The molecule has 0 aromatic carbocycles. The first-order valence-electron chi connectivity index (χ1n) is 5.97. The van der Waals surface area contributed by atoms with Gasteiger partial charge in [0, 0.05) is 19.3 Å². The third-order valence-corrected chi connectivity index (χ3v) is 5.53. The molecule has 104 valence electrons. The number of rotatable bonds is 4. The molecule has 0 radical (unpaired) electrons. The summed E-state index contributed by atoms with van der Waals surface area (Å²) in [6, 6.07) is 1.09. The fourth-order valence-corrected chi connectivity index (χ4v) is 3.97. The van der Waals surface area contributed by atoms with E-state index in [0.29, 0.717) is 0 Å². The summed E-state index contributed by atoms with van der Waals surface area (Å²) in [7, 11) is -3.71. The zero-order chi connectivity index (χ0) is 13.8. The number of carboxylic acids is 1. The molecule has 0 spiro atoms. The van der Waals surface area contributed by atoms with Crippen LogP contribution in [0.2, 0.25) is 0 Å².